The molecule has 134 valence electrons. The Morgan fingerprint density at radius 2 is 1.81 bits per heavy atom. The topological polar surface area (TPSA) is 59.0 Å². The van der Waals surface area contributed by atoms with Crippen molar-refractivity contribution in [2.45, 2.75) is 6.18 Å². The molecule has 5 nitrogen and oxygen atoms in total. The van der Waals surface area contributed by atoms with Crippen molar-refractivity contribution >= 4 is 29.0 Å². The predicted molar refractivity (Wildman–Crippen MR) is 92.7 cm³/mol. The molecule has 0 unspecified atom stereocenters. The van der Waals surface area contributed by atoms with E-state index >= 15 is 0 Å². The lowest BCUT2D eigenvalue weighted by molar-refractivity contribution is -0.137. The first-order valence-electron chi connectivity index (χ1n) is 7.36. The van der Waals surface area contributed by atoms with Gasteiger partial charge in [0, 0.05) is 23.1 Å². The Hall–Kier alpha value is -3.00. The van der Waals surface area contributed by atoms with Crippen LogP contribution in [0.2, 0.25) is 5.02 Å². The molecule has 0 bridgehead atoms. The first-order valence-corrected chi connectivity index (χ1v) is 7.74. The fraction of sp³-hybridized carbons (Fsp3) is 0.0588. The van der Waals surface area contributed by atoms with Crippen LogP contribution in [0.25, 0.3) is 5.69 Å². The molecule has 0 radical (unpaired) electrons. The highest BCUT2D eigenvalue weighted by Crippen LogP contribution is 2.33. The third kappa shape index (κ3) is 4.15. The Morgan fingerprint density at radius 3 is 2.42 bits per heavy atom. The maximum Gasteiger partial charge on any atom is 0.416 e. The maximum atomic E-state index is 13.0. The highest BCUT2D eigenvalue weighted by Gasteiger charge is 2.31. The Labute approximate surface area is 151 Å². The summed E-state index contributed by atoms with van der Waals surface area (Å²) in [6, 6.07) is 8.71. The average Bonchev–Trinajstić information content (AvgIpc) is 3.10. The molecule has 0 aliphatic heterocycles. The standard InChI is InChI=1S/C17H12ClF3N4O/c18-12-2-4-13(5-3-12)23-16(26)24-14-9-11(17(19,20)21)1-6-15(14)25-8-7-22-10-25/h1-10H,(H2,23,24,26). The van der Waals surface area contributed by atoms with Crippen molar-refractivity contribution in [3.8, 4) is 5.69 Å². The second kappa shape index (κ2) is 7.09. The van der Waals surface area contributed by atoms with Gasteiger partial charge in [-0.05, 0) is 42.5 Å². The van der Waals surface area contributed by atoms with Crippen LogP contribution in [-0.4, -0.2) is 15.6 Å². The van der Waals surface area contributed by atoms with E-state index in [2.05, 4.69) is 15.6 Å². The van der Waals surface area contributed by atoms with Crippen molar-refractivity contribution in [3.05, 3.63) is 71.8 Å². The van der Waals surface area contributed by atoms with E-state index in [1.807, 2.05) is 0 Å². The molecule has 2 N–H and O–H groups in total. The highest BCUT2D eigenvalue weighted by atomic mass is 35.5. The van der Waals surface area contributed by atoms with Crippen LogP contribution in [0.5, 0.6) is 0 Å². The summed E-state index contributed by atoms with van der Waals surface area (Å²) in [6.07, 6.45) is -0.0679. The number of rotatable bonds is 3. The summed E-state index contributed by atoms with van der Waals surface area (Å²) in [7, 11) is 0. The van der Waals surface area contributed by atoms with Gasteiger partial charge in [0.25, 0.3) is 0 Å². The molecule has 0 fully saturated rings. The summed E-state index contributed by atoms with van der Waals surface area (Å²) in [5, 5.41) is 5.47. The lowest BCUT2D eigenvalue weighted by Gasteiger charge is -2.15. The molecule has 2 amide bonds. The van der Waals surface area contributed by atoms with Crippen molar-refractivity contribution in [1.29, 1.82) is 0 Å². The number of aromatic nitrogens is 2. The molecule has 0 atom stereocenters. The molecule has 0 saturated heterocycles. The normalized spacial score (nSPS) is 11.2. The van der Waals surface area contributed by atoms with Gasteiger partial charge in [0.2, 0.25) is 0 Å². The number of nitrogens with one attached hydrogen (secondary N) is 2. The van der Waals surface area contributed by atoms with E-state index < -0.39 is 17.8 Å². The third-order valence-corrected chi connectivity index (χ3v) is 3.71. The summed E-state index contributed by atoms with van der Waals surface area (Å²) in [5.41, 5.74) is -0.0859. The van der Waals surface area contributed by atoms with E-state index in [1.165, 1.54) is 23.2 Å². The number of carbonyl (C=O) groups is 1. The van der Waals surface area contributed by atoms with Crippen LogP contribution in [0.1, 0.15) is 5.56 Å². The second-order valence-corrected chi connectivity index (χ2v) is 5.72. The molecule has 0 saturated carbocycles. The van der Waals surface area contributed by atoms with Gasteiger partial charge in [-0.2, -0.15) is 13.2 Å². The summed E-state index contributed by atoms with van der Waals surface area (Å²) < 4.78 is 40.5. The Morgan fingerprint density at radius 1 is 1.08 bits per heavy atom. The maximum absolute atomic E-state index is 13.0. The zero-order valence-corrected chi connectivity index (χ0v) is 13.8. The van der Waals surface area contributed by atoms with Crippen LogP contribution in [0.15, 0.2) is 61.2 Å². The van der Waals surface area contributed by atoms with Gasteiger partial charge >= 0.3 is 12.2 Å². The molecule has 0 aliphatic rings. The molecular formula is C17H12ClF3N4O. The van der Waals surface area contributed by atoms with Crippen LogP contribution >= 0.6 is 11.6 Å². The van der Waals surface area contributed by atoms with Gasteiger partial charge in [0.05, 0.1) is 23.3 Å². The minimum atomic E-state index is -4.53. The quantitative estimate of drug-likeness (QED) is 0.657. The molecule has 1 heterocycles. The molecule has 2 aromatic carbocycles. The van der Waals surface area contributed by atoms with Crippen molar-refractivity contribution in [1.82, 2.24) is 9.55 Å². The van der Waals surface area contributed by atoms with E-state index in [0.29, 0.717) is 16.4 Å². The highest BCUT2D eigenvalue weighted by molar-refractivity contribution is 6.30. The summed E-state index contributed by atoms with van der Waals surface area (Å²) in [6.45, 7) is 0. The largest absolute Gasteiger partial charge is 0.416 e. The number of amides is 2. The number of hydrogen-bond acceptors (Lipinski definition) is 2. The number of urea groups is 1. The monoisotopic (exact) mass is 380 g/mol. The fourth-order valence-corrected chi connectivity index (χ4v) is 2.38. The van der Waals surface area contributed by atoms with Crippen molar-refractivity contribution in [3.63, 3.8) is 0 Å². The lowest BCUT2D eigenvalue weighted by Crippen LogP contribution is -2.21. The van der Waals surface area contributed by atoms with Gasteiger partial charge in [-0.3, -0.25) is 0 Å². The predicted octanol–water partition coefficient (Wildman–Crippen LogP) is 5.19. The lowest BCUT2D eigenvalue weighted by atomic mass is 10.1. The van der Waals surface area contributed by atoms with Gasteiger partial charge in [0.1, 0.15) is 0 Å². The van der Waals surface area contributed by atoms with Gasteiger partial charge in [-0.15, -0.1) is 0 Å². The summed E-state index contributed by atoms with van der Waals surface area (Å²) in [4.78, 5) is 16.1. The number of carbonyl (C=O) groups excluding carboxylic acids is 1. The summed E-state index contributed by atoms with van der Waals surface area (Å²) in [5.74, 6) is 0. The minimum absolute atomic E-state index is 0.00992. The van der Waals surface area contributed by atoms with Gasteiger partial charge < -0.3 is 15.2 Å². The fourth-order valence-electron chi connectivity index (χ4n) is 2.26. The van der Waals surface area contributed by atoms with E-state index in [1.54, 1.807) is 30.5 Å². The second-order valence-electron chi connectivity index (χ2n) is 5.29. The van der Waals surface area contributed by atoms with E-state index in [9.17, 15) is 18.0 Å². The van der Waals surface area contributed by atoms with Gasteiger partial charge in [-0.25, -0.2) is 9.78 Å². The van der Waals surface area contributed by atoms with E-state index in [-0.39, 0.29) is 5.69 Å². The number of anilines is 2. The van der Waals surface area contributed by atoms with Crippen molar-refractivity contribution in [2.24, 2.45) is 0 Å². The zero-order valence-electron chi connectivity index (χ0n) is 13.1. The van der Waals surface area contributed by atoms with E-state index in [0.717, 1.165) is 12.1 Å². The zero-order chi connectivity index (χ0) is 18.7. The number of nitrogens with zero attached hydrogens (tertiary/aromatic N) is 2. The number of alkyl halides is 3. The minimum Gasteiger partial charge on any atom is -0.308 e. The van der Waals surface area contributed by atoms with Crippen LogP contribution < -0.4 is 10.6 Å². The van der Waals surface area contributed by atoms with E-state index in [4.69, 9.17) is 11.6 Å². The molecule has 0 aliphatic carbocycles. The van der Waals surface area contributed by atoms with Gasteiger partial charge in [0.15, 0.2) is 0 Å². The van der Waals surface area contributed by atoms with Gasteiger partial charge in [-0.1, -0.05) is 11.6 Å². The Kier molecular flexibility index (Phi) is 4.85. The Bertz CT molecular complexity index is 909. The number of halogens is 4. The summed E-state index contributed by atoms with van der Waals surface area (Å²) >= 11 is 5.77. The third-order valence-electron chi connectivity index (χ3n) is 3.46. The Balaban J connectivity index is 1.88. The molecule has 0 spiro atoms. The number of benzene rings is 2. The van der Waals surface area contributed by atoms with Crippen LogP contribution in [0.4, 0.5) is 29.3 Å². The average molecular weight is 381 g/mol. The number of imidazole rings is 1. The van der Waals surface area contributed by atoms with Crippen LogP contribution in [-0.2, 0) is 6.18 Å². The first kappa shape index (κ1) is 17.8. The molecule has 9 heteroatoms. The van der Waals surface area contributed by atoms with Crippen molar-refractivity contribution < 1.29 is 18.0 Å². The molecule has 3 rings (SSSR count). The molecule has 26 heavy (non-hydrogen) atoms. The first-order chi connectivity index (χ1) is 12.3. The number of hydrogen-bond donors (Lipinski definition) is 2. The van der Waals surface area contributed by atoms with Crippen molar-refractivity contribution in [2.75, 3.05) is 10.6 Å². The molecule has 1 aromatic heterocycles. The molecular weight excluding hydrogens is 369 g/mol. The van der Waals surface area contributed by atoms with Crippen LogP contribution in [0.3, 0.4) is 0 Å². The molecule has 3 aromatic rings. The SMILES string of the molecule is O=C(Nc1ccc(Cl)cc1)Nc1cc(C(F)(F)F)ccc1-n1ccnc1. The van der Waals surface area contributed by atoms with Crippen LogP contribution in [0, 0.1) is 0 Å². The smallest absolute Gasteiger partial charge is 0.308 e.